The van der Waals surface area contributed by atoms with Gasteiger partial charge in [-0.3, -0.25) is 9.59 Å². The van der Waals surface area contributed by atoms with Crippen molar-refractivity contribution < 1.29 is 23.8 Å². The molecule has 0 aromatic heterocycles. The summed E-state index contributed by atoms with van der Waals surface area (Å²) in [5.41, 5.74) is 0. The van der Waals surface area contributed by atoms with Gasteiger partial charge in [-0.2, -0.15) is 0 Å². The van der Waals surface area contributed by atoms with Gasteiger partial charge >= 0.3 is 11.9 Å². The second kappa shape index (κ2) is 49.5. The van der Waals surface area contributed by atoms with E-state index in [0.29, 0.717) is 19.4 Å². The van der Waals surface area contributed by atoms with Crippen LogP contribution in [0.25, 0.3) is 0 Å². The number of carbonyl (C=O) groups excluding carboxylic acids is 2. The first kappa shape index (κ1) is 56.1. The van der Waals surface area contributed by atoms with Crippen molar-refractivity contribution in [1.29, 1.82) is 0 Å². The first-order valence-electron chi connectivity index (χ1n) is 25.5. The minimum absolute atomic E-state index is 0.0809. The van der Waals surface area contributed by atoms with E-state index in [9.17, 15) is 9.59 Å². The van der Waals surface area contributed by atoms with E-state index < -0.39 is 6.10 Å². The molecule has 5 nitrogen and oxygen atoms in total. The Morgan fingerprint density at radius 2 is 0.724 bits per heavy atom. The smallest absolute Gasteiger partial charge is 0.306 e. The van der Waals surface area contributed by atoms with Gasteiger partial charge in [0, 0.05) is 19.4 Å². The third-order valence-corrected chi connectivity index (χ3v) is 11.1. The minimum atomic E-state index is -0.539. The quantitative estimate of drug-likeness (QED) is 0.0348. The standard InChI is InChI=1S/C53H98O5/c1-4-7-10-13-16-19-22-24-26-28-30-33-36-39-42-45-48-56-49-51(58-53(55)47-44-41-38-35-31-21-18-15-12-9-6-3)50-57-52(54)46-43-40-37-34-32-29-27-25-23-20-17-14-11-8-5-2/h16,19,24-27,51H,4-15,17-18,20-23,28-50H2,1-3H3/b19-16-,26-24-,27-25-. The molecule has 0 aliphatic rings. The molecule has 1 atom stereocenters. The fourth-order valence-corrected chi connectivity index (χ4v) is 7.30. The zero-order valence-corrected chi connectivity index (χ0v) is 39.1. The van der Waals surface area contributed by atoms with Crippen molar-refractivity contribution in [2.24, 2.45) is 0 Å². The largest absolute Gasteiger partial charge is 0.462 e. The molecular weight excluding hydrogens is 717 g/mol. The summed E-state index contributed by atoms with van der Waals surface area (Å²) in [6, 6.07) is 0. The van der Waals surface area contributed by atoms with Gasteiger partial charge in [0.25, 0.3) is 0 Å². The van der Waals surface area contributed by atoms with Crippen LogP contribution in [0.1, 0.15) is 265 Å². The van der Waals surface area contributed by atoms with Crippen molar-refractivity contribution in [2.45, 2.75) is 271 Å². The number of allylic oxidation sites excluding steroid dienone is 6. The summed E-state index contributed by atoms with van der Waals surface area (Å²) >= 11 is 0. The highest BCUT2D eigenvalue weighted by atomic mass is 16.6. The zero-order chi connectivity index (χ0) is 42.1. The van der Waals surface area contributed by atoms with E-state index in [4.69, 9.17) is 14.2 Å². The predicted molar refractivity (Wildman–Crippen MR) is 252 cm³/mol. The van der Waals surface area contributed by atoms with Gasteiger partial charge in [-0.15, -0.1) is 0 Å². The molecule has 0 aliphatic carbocycles. The van der Waals surface area contributed by atoms with Crippen LogP contribution in [0, 0.1) is 0 Å². The Kier molecular flexibility index (Phi) is 47.9. The molecule has 0 heterocycles. The highest BCUT2D eigenvalue weighted by Gasteiger charge is 2.17. The number of hydrogen-bond acceptors (Lipinski definition) is 5. The Balaban J connectivity index is 4.25. The maximum atomic E-state index is 12.7. The zero-order valence-electron chi connectivity index (χ0n) is 39.1. The molecule has 0 aromatic carbocycles. The molecule has 0 bridgehead atoms. The van der Waals surface area contributed by atoms with Gasteiger partial charge in [0.05, 0.1) is 6.61 Å². The fraction of sp³-hybridized carbons (Fsp3) is 0.849. The number of hydrogen-bond donors (Lipinski definition) is 0. The van der Waals surface area contributed by atoms with Gasteiger partial charge in [-0.1, -0.05) is 211 Å². The lowest BCUT2D eigenvalue weighted by Gasteiger charge is -2.18. The topological polar surface area (TPSA) is 61.8 Å². The van der Waals surface area contributed by atoms with Crippen molar-refractivity contribution >= 4 is 11.9 Å². The van der Waals surface area contributed by atoms with Gasteiger partial charge in [0.1, 0.15) is 6.61 Å². The summed E-state index contributed by atoms with van der Waals surface area (Å²) in [4.78, 5) is 25.3. The van der Waals surface area contributed by atoms with Crippen LogP contribution in [0.3, 0.4) is 0 Å². The summed E-state index contributed by atoms with van der Waals surface area (Å²) in [6.07, 6.45) is 58.6. The molecule has 0 N–H and O–H groups in total. The van der Waals surface area contributed by atoms with Crippen molar-refractivity contribution in [3.63, 3.8) is 0 Å². The number of rotatable bonds is 47. The van der Waals surface area contributed by atoms with Gasteiger partial charge in [-0.25, -0.2) is 0 Å². The van der Waals surface area contributed by atoms with Crippen LogP contribution in [-0.2, 0) is 23.8 Å². The summed E-state index contributed by atoms with van der Waals surface area (Å²) in [6.45, 7) is 7.79. The normalized spacial score (nSPS) is 12.4. The summed E-state index contributed by atoms with van der Waals surface area (Å²) in [7, 11) is 0. The molecule has 0 aromatic rings. The van der Waals surface area contributed by atoms with Crippen LogP contribution in [0.2, 0.25) is 0 Å². The maximum absolute atomic E-state index is 12.7. The van der Waals surface area contributed by atoms with Gasteiger partial charge in [-0.05, 0) is 77.0 Å². The van der Waals surface area contributed by atoms with Crippen LogP contribution < -0.4 is 0 Å². The molecule has 0 spiro atoms. The number of carbonyl (C=O) groups is 2. The van der Waals surface area contributed by atoms with Crippen molar-refractivity contribution in [2.75, 3.05) is 19.8 Å². The van der Waals surface area contributed by atoms with Crippen LogP contribution in [0.5, 0.6) is 0 Å². The van der Waals surface area contributed by atoms with Crippen LogP contribution in [-0.4, -0.2) is 37.9 Å². The molecule has 0 amide bonds. The van der Waals surface area contributed by atoms with E-state index in [2.05, 4.69) is 57.2 Å². The molecule has 0 saturated heterocycles. The molecule has 1 unspecified atom stereocenters. The van der Waals surface area contributed by atoms with E-state index in [0.717, 1.165) is 57.8 Å². The van der Waals surface area contributed by atoms with E-state index in [1.54, 1.807) is 0 Å². The molecule has 58 heavy (non-hydrogen) atoms. The van der Waals surface area contributed by atoms with E-state index in [1.165, 1.54) is 173 Å². The van der Waals surface area contributed by atoms with Gasteiger partial charge < -0.3 is 14.2 Å². The molecule has 0 saturated carbocycles. The lowest BCUT2D eigenvalue weighted by atomic mass is 10.1. The van der Waals surface area contributed by atoms with Crippen molar-refractivity contribution in [3.8, 4) is 0 Å². The SMILES string of the molecule is CCCCC/C=C\C/C=C\CCCCCCCCOCC(COC(=O)CCCCCCC/C=C\CCCCCCCC)OC(=O)CCCCCCCCCCCCC. The van der Waals surface area contributed by atoms with E-state index in [1.807, 2.05) is 0 Å². The summed E-state index contributed by atoms with van der Waals surface area (Å²) < 4.78 is 17.4. The molecule has 0 rings (SSSR count). The minimum Gasteiger partial charge on any atom is -0.462 e. The summed E-state index contributed by atoms with van der Waals surface area (Å²) in [5, 5.41) is 0. The first-order valence-corrected chi connectivity index (χ1v) is 25.5. The maximum Gasteiger partial charge on any atom is 0.306 e. The van der Waals surface area contributed by atoms with Crippen LogP contribution in [0.4, 0.5) is 0 Å². The van der Waals surface area contributed by atoms with E-state index >= 15 is 0 Å². The molecule has 5 heteroatoms. The molecule has 0 aliphatic heterocycles. The van der Waals surface area contributed by atoms with E-state index in [-0.39, 0.29) is 25.2 Å². The summed E-state index contributed by atoms with van der Waals surface area (Å²) in [5.74, 6) is -0.402. The third kappa shape index (κ3) is 46.8. The van der Waals surface area contributed by atoms with Gasteiger partial charge in [0.15, 0.2) is 6.10 Å². The van der Waals surface area contributed by atoms with Gasteiger partial charge in [0.2, 0.25) is 0 Å². The lowest BCUT2D eigenvalue weighted by Crippen LogP contribution is -2.30. The second-order valence-corrected chi connectivity index (χ2v) is 17.1. The Morgan fingerprint density at radius 1 is 0.379 bits per heavy atom. The van der Waals surface area contributed by atoms with Crippen LogP contribution in [0.15, 0.2) is 36.5 Å². The van der Waals surface area contributed by atoms with Crippen LogP contribution >= 0.6 is 0 Å². The Morgan fingerprint density at radius 3 is 1.19 bits per heavy atom. The fourth-order valence-electron chi connectivity index (χ4n) is 7.30. The Hall–Kier alpha value is -1.88. The molecule has 340 valence electrons. The highest BCUT2D eigenvalue weighted by Crippen LogP contribution is 2.14. The van der Waals surface area contributed by atoms with Crippen molar-refractivity contribution in [3.05, 3.63) is 36.5 Å². The number of esters is 2. The molecule has 0 fully saturated rings. The monoisotopic (exact) mass is 815 g/mol. The second-order valence-electron chi connectivity index (χ2n) is 17.1. The third-order valence-electron chi connectivity index (χ3n) is 11.1. The average Bonchev–Trinajstić information content (AvgIpc) is 3.22. The highest BCUT2D eigenvalue weighted by molar-refractivity contribution is 5.70. The number of unbranched alkanes of at least 4 members (excludes halogenated alkanes) is 30. The van der Waals surface area contributed by atoms with Crippen molar-refractivity contribution in [1.82, 2.24) is 0 Å². The lowest BCUT2D eigenvalue weighted by molar-refractivity contribution is -0.163. The molecule has 0 radical (unpaired) electrons. The Labute approximate surface area is 361 Å². The average molecular weight is 815 g/mol. The molecular formula is C53H98O5. The Bertz CT molecular complexity index is 924. The first-order chi connectivity index (χ1) is 28.6. The number of ether oxygens (including phenoxy) is 3. The predicted octanol–water partition coefficient (Wildman–Crippen LogP) is 17.0.